The molecule has 4 rings (SSSR count). The van der Waals surface area contributed by atoms with Gasteiger partial charge in [0.1, 0.15) is 8.07 Å². The van der Waals surface area contributed by atoms with E-state index in [1.165, 1.54) is 24.3 Å². The van der Waals surface area contributed by atoms with Crippen molar-refractivity contribution in [2.75, 3.05) is 0 Å². The van der Waals surface area contributed by atoms with Gasteiger partial charge in [0, 0.05) is 10.8 Å². The number of carboxylic acid groups (broad SMARTS) is 4. The first-order valence-electron chi connectivity index (χ1n) is 11.6. The molecule has 0 amide bonds. The van der Waals surface area contributed by atoms with E-state index in [-0.39, 0.29) is 33.0 Å². The zero-order chi connectivity index (χ0) is 27.1. The SMILES string of the molecule is CC[Si](CC)(c1ccc(C(=O)O)c2c(C(=O)O)cccc12)c1ccc(C(=O)O)c2c(C(=O)O)cccc12. The maximum absolute atomic E-state index is 12.0. The lowest BCUT2D eigenvalue weighted by molar-refractivity contribution is 0.0681. The van der Waals surface area contributed by atoms with Gasteiger partial charge in [0.25, 0.3) is 0 Å². The quantitative estimate of drug-likeness (QED) is 0.252. The number of carbonyl (C=O) groups is 4. The van der Waals surface area contributed by atoms with Crippen LogP contribution in [0.3, 0.4) is 0 Å². The van der Waals surface area contributed by atoms with E-state index in [1.54, 1.807) is 36.4 Å². The minimum atomic E-state index is -2.83. The second-order valence-electron chi connectivity index (χ2n) is 8.79. The summed E-state index contributed by atoms with van der Waals surface area (Å²) in [7, 11) is -2.83. The van der Waals surface area contributed by atoms with Gasteiger partial charge >= 0.3 is 23.9 Å². The third-order valence-corrected chi connectivity index (χ3v) is 12.6. The number of benzene rings is 4. The first-order valence-corrected chi connectivity index (χ1v) is 14.1. The molecule has 0 aliphatic carbocycles. The van der Waals surface area contributed by atoms with Gasteiger partial charge in [0.05, 0.1) is 22.3 Å². The normalized spacial score (nSPS) is 11.5. The lowest BCUT2D eigenvalue weighted by Gasteiger charge is -2.34. The van der Waals surface area contributed by atoms with Crippen LogP contribution in [0.4, 0.5) is 0 Å². The fraction of sp³-hybridized carbons (Fsp3) is 0.143. The summed E-state index contributed by atoms with van der Waals surface area (Å²) in [5.41, 5.74) is -0.477. The van der Waals surface area contributed by atoms with Crippen molar-refractivity contribution >= 4 is 63.9 Å². The molecule has 0 bridgehead atoms. The number of aromatic carboxylic acids is 4. The largest absolute Gasteiger partial charge is 0.478 e. The maximum Gasteiger partial charge on any atom is 0.336 e. The summed E-state index contributed by atoms with van der Waals surface area (Å²) in [5.74, 6) is -4.97. The van der Waals surface area contributed by atoms with Crippen LogP contribution in [0, 0.1) is 0 Å². The molecule has 0 saturated carbocycles. The van der Waals surface area contributed by atoms with E-state index in [1.807, 2.05) is 13.8 Å². The highest BCUT2D eigenvalue weighted by Gasteiger charge is 2.38. The third kappa shape index (κ3) is 3.93. The van der Waals surface area contributed by atoms with Crippen molar-refractivity contribution in [3.05, 3.63) is 82.9 Å². The highest BCUT2D eigenvalue weighted by atomic mass is 28.3. The average Bonchev–Trinajstić information content (AvgIpc) is 2.88. The summed E-state index contributed by atoms with van der Waals surface area (Å²) < 4.78 is 0. The number of rotatable bonds is 8. The highest BCUT2D eigenvalue weighted by molar-refractivity contribution is 7.04. The zero-order valence-corrected chi connectivity index (χ0v) is 21.1. The fourth-order valence-corrected chi connectivity index (χ4v) is 10.1. The van der Waals surface area contributed by atoms with Crippen LogP contribution in [0.5, 0.6) is 0 Å². The van der Waals surface area contributed by atoms with Gasteiger partial charge in [-0.25, -0.2) is 19.2 Å². The van der Waals surface area contributed by atoms with E-state index in [0.29, 0.717) is 22.9 Å². The van der Waals surface area contributed by atoms with Crippen LogP contribution in [-0.2, 0) is 0 Å². The van der Waals surface area contributed by atoms with E-state index in [0.717, 1.165) is 10.4 Å². The van der Waals surface area contributed by atoms with Gasteiger partial charge in [0.15, 0.2) is 0 Å². The molecule has 4 N–H and O–H groups in total. The fourth-order valence-electron chi connectivity index (χ4n) is 5.52. The van der Waals surface area contributed by atoms with Gasteiger partial charge in [-0.05, 0) is 45.4 Å². The first-order chi connectivity index (χ1) is 17.6. The maximum atomic E-state index is 12.0. The van der Waals surface area contributed by atoms with Gasteiger partial charge in [-0.15, -0.1) is 0 Å². The van der Waals surface area contributed by atoms with E-state index < -0.39 is 32.0 Å². The number of carboxylic acids is 4. The molecule has 0 radical (unpaired) electrons. The molecule has 0 saturated heterocycles. The van der Waals surface area contributed by atoms with Gasteiger partial charge in [-0.3, -0.25) is 0 Å². The molecule has 188 valence electrons. The lowest BCUT2D eigenvalue weighted by Crippen LogP contribution is -2.58. The Labute approximate surface area is 212 Å². The van der Waals surface area contributed by atoms with Crippen molar-refractivity contribution < 1.29 is 39.6 Å². The van der Waals surface area contributed by atoms with Crippen molar-refractivity contribution in [3.63, 3.8) is 0 Å². The number of hydrogen-bond acceptors (Lipinski definition) is 4. The molecule has 9 heteroatoms. The standard InChI is InChI=1S/C28H24O8Si/c1-3-37(4-2,21-13-11-19(27(33)34)23-15(21)7-5-9-17(23)25(29)30)22-14-12-20(28(35)36)24-16(22)8-6-10-18(24)26(31)32/h5-14H,3-4H2,1-2H3,(H,29,30)(H,31,32)(H,33,34)(H,35,36). The van der Waals surface area contributed by atoms with Crippen LogP contribution in [0.1, 0.15) is 55.3 Å². The molecule has 8 nitrogen and oxygen atoms in total. The monoisotopic (exact) mass is 516 g/mol. The van der Waals surface area contributed by atoms with Crippen LogP contribution < -0.4 is 10.4 Å². The summed E-state index contributed by atoms with van der Waals surface area (Å²) in [6.07, 6.45) is 0. The Kier molecular flexibility index (Phi) is 6.58. The Morgan fingerprint density at radius 1 is 0.541 bits per heavy atom. The summed E-state index contributed by atoms with van der Waals surface area (Å²) in [6.45, 7) is 3.98. The smallest absolute Gasteiger partial charge is 0.336 e. The highest BCUT2D eigenvalue weighted by Crippen LogP contribution is 2.31. The molecule has 4 aromatic carbocycles. The summed E-state index contributed by atoms with van der Waals surface area (Å²) in [4.78, 5) is 48.2. The van der Waals surface area contributed by atoms with E-state index in [4.69, 9.17) is 0 Å². The lowest BCUT2D eigenvalue weighted by atomic mass is 9.99. The van der Waals surface area contributed by atoms with E-state index >= 15 is 0 Å². The molecular weight excluding hydrogens is 492 g/mol. The van der Waals surface area contributed by atoms with Crippen LogP contribution in [0.15, 0.2) is 60.7 Å². The van der Waals surface area contributed by atoms with E-state index in [9.17, 15) is 39.6 Å². The topological polar surface area (TPSA) is 149 Å². The van der Waals surface area contributed by atoms with Crippen molar-refractivity contribution in [1.29, 1.82) is 0 Å². The Morgan fingerprint density at radius 2 is 0.865 bits per heavy atom. The molecule has 37 heavy (non-hydrogen) atoms. The van der Waals surface area contributed by atoms with Gasteiger partial charge < -0.3 is 20.4 Å². The minimum Gasteiger partial charge on any atom is -0.478 e. The zero-order valence-electron chi connectivity index (χ0n) is 20.1. The molecule has 0 aliphatic heterocycles. The van der Waals surface area contributed by atoms with Crippen molar-refractivity contribution in [1.82, 2.24) is 0 Å². The summed E-state index contributed by atoms with van der Waals surface area (Å²) in [5, 5.41) is 42.2. The van der Waals surface area contributed by atoms with Crippen molar-refractivity contribution in [2.45, 2.75) is 25.9 Å². The molecule has 0 atom stereocenters. The molecule has 0 fully saturated rings. The third-order valence-electron chi connectivity index (χ3n) is 7.24. The molecule has 0 spiro atoms. The molecular formula is C28H24O8Si. The van der Waals surface area contributed by atoms with Gasteiger partial charge in [0.2, 0.25) is 0 Å². The molecule has 0 aromatic heterocycles. The summed E-state index contributed by atoms with van der Waals surface area (Å²) >= 11 is 0. The van der Waals surface area contributed by atoms with E-state index in [2.05, 4.69) is 0 Å². The Balaban J connectivity index is 2.20. The minimum absolute atomic E-state index is 0.119. The first kappa shape index (κ1) is 25.6. The average molecular weight is 517 g/mol. The summed E-state index contributed by atoms with van der Waals surface area (Å²) in [6, 6.07) is 16.9. The van der Waals surface area contributed by atoms with Crippen LogP contribution in [-0.4, -0.2) is 52.4 Å². The molecule has 0 unspecified atom stereocenters. The second-order valence-corrected chi connectivity index (χ2v) is 13.4. The van der Waals surface area contributed by atoms with Crippen LogP contribution in [0.2, 0.25) is 12.1 Å². The van der Waals surface area contributed by atoms with Crippen LogP contribution >= 0.6 is 0 Å². The number of fused-ring (bicyclic) bond motifs is 2. The van der Waals surface area contributed by atoms with Crippen molar-refractivity contribution in [3.8, 4) is 0 Å². The molecule has 4 aromatic rings. The number of hydrogen-bond donors (Lipinski definition) is 4. The predicted octanol–water partition coefficient (Wildman–Crippen LogP) is 4.39. The predicted molar refractivity (Wildman–Crippen MR) is 142 cm³/mol. The van der Waals surface area contributed by atoms with Crippen LogP contribution in [0.25, 0.3) is 21.5 Å². The Morgan fingerprint density at radius 3 is 1.16 bits per heavy atom. The second kappa shape index (κ2) is 9.51. The van der Waals surface area contributed by atoms with Crippen molar-refractivity contribution in [2.24, 2.45) is 0 Å². The Hall–Kier alpha value is -4.50. The molecule has 0 heterocycles. The Bertz CT molecular complexity index is 1460. The van der Waals surface area contributed by atoms with Gasteiger partial charge in [-0.1, -0.05) is 62.3 Å². The van der Waals surface area contributed by atoms with Gasteiger partial charge in [-0.2, -0.15) is 0 Å². The molecule has 0 aliphatic rings.